The Bertz CT molecular complexity index is 90.9. The average Bonchev–Trinajstić information content (AvgIpc) is 1.87. The molecule has 9 heavy (non-hydrogen) atoms. The van der Waals surface area contributed by atoms with Crippen LogP contribution >= 0.6 is 0 Å². The first-order chi connectivity index (χ1) is 4.22. The molecule has 1 amide bonds. The molecule has 54 valence electrons. The fourth-order valence-electron chi connectivity index (χ4n) is 0.811. The summed E-state index contributed by atoms with van der Waals surface area (Å²) in [6.07, 6.45) is 2.06. The van der Waals surface area contributed by atoms with Gasteiger partial charge in [-0.1, -0.05) is 20.3 Å². The van der Waals surface area contributed by atoms with Gasteiger partial charge in [-0.15, -0.1) is 0 Å². The summed E-state index contributed by atoms with van der Waals surface area (Å²) in [7, 11) is 1.68. The van der Waals surface area contributed by atoms with E-state index in [1.807, 2.05) is 6.92 Å². The Labute approximate surface area is 56.6 Å². The first kappa shape index (κ1) is 8.47. The molecule has 0 saturated heterocycles. The molecule has 1 atom stereocenters. The summed E-state index contributed by atoms with van der Waals surface area (Å²) in [5.74, 6) is 0.330. The van der Waals surface area contributed by atoms with Crippen molar-refractivity contribution in [3.05, 3.63) is 0 Å². The first-order valence-corrected chi connectivity index (χ1v) is 3.44. The fourth-order valence-corrected chi connectivity index (χ4v) is 0.811. The minimum absolute atomic E-state index is 0.150. The van der Waals surface area contributed by atoms with E-state index in [0.717, 1.165) is 12.8 Å². The molecule has 0 saturated carbocycles. The second-order valence-electron chi connectivity index (χ2n) is 2.30. The van der Waals surface area contributed by atoms with Gasteiger partial charge in [0.05, 0.1) is 0 Å². The van der Waals surface area contributed by atoms with Gasteiger partial charge < -0.3 is 5.32 Å². The van der Waals surface area contributed by atoms with Crippen molar-refractivity contribution in [1.82, 2.24) is 5.32 Å². The lowest BCUT2D eigenvalue weighted by molar-refractivity contribution is -0.124. The summed E-state index contributed by atoms with van der Waals surface area (Å²) >= 11 is 0. The highest BCUT2D eigenvalue weighted by atomic mass is 16.1. The zero-order valence-corrected chi connectivity index (χ0v) is 6.40. The largest absolute Gasteiger partial charge is 0.359 e. The van der Waals surface area contributed by atoms with Gasteiger partial charge in [-0.25, -0.2) is 0 Å². The molecule has 2 heteroatoms. The van der Waals surface area contributed by atoms with Crippen LogP contribution in [0, 0.1) is 5.92 Å². The number of rotatable bonds is 3. The number of nitrogens with one attached hydrogen (secondary N) is 1. The van der Waals surface area contributed by atoms with Crippen molar-refractivity contribution in [2.45, 2.75) is 26.7 Å². The Morgan fingerprint density at radius 3 is 2.56 bits per heavy atom. The van der Waals surface area contributed by atoms with Crippen LogP contribution in [-0.2, 0) is 4.79 Å². The van der Waals surface area contributed by atoms with Crippen molar-refractivity contribution in [1.29, 1.82) is 0 Å². The molecule has 0 fully saturated rings. The van der Waals surface area contributed by atoms with Gasteiger partial charge in [0.2, 0.25) is 5.91 Å². The summed E-state index contributed by atoms with van der Waals surface area (Å²) in [5.41, 5.74) is 0. The molecule has 0 bridgehead atoms. The number of amides is 1. The lowest BCUT2D eigenvalue weighted by atomic mass is 10.1. The predicted molar refractivity (Wildman–Crippen MR) is 38.1 cm³/mol. The molecular formula is C7H15NO. The molecular weight excluding hydrogens is 114 g/mol. The third-order valence-corrected chi connectivity index (χ3v) is 1.42. The zero-order chi connectivity index (χ0) is 7.28. The van der Waals surface area contributed by atoms with Crippen LogP contribution in [0.25, 0.3) is 0 Å². The second kappa shape index (κ2) is 4.36. The second-order valence-corrected chi connectivity index (χ2v) is 2.30. The van der Waals surface area contributed by atoms with E-state index in [-0.39, 0.29) is 11.8 Å². The summed E-state index contributed by atoms with van der Waals surface area (Å²) in [4.78, 5) is 10.8. The van der Waals surface area contributed by atoms with Crippen molar-refractivity contribution >= 4 is 5.91 Å². The highest BCUT2D eigenvalue weighted by Gasteiger charge is 2.07. The molecule has 0 heterocycles. The Morgan fingerprint density at radius 1 is 1.67 bits per heavy atom. The van der Waals surface area contributed by atoms with Crippen LogP contribution in [0.15, 0.2) is 0 Å². The van der Waals surface area contributed by atoms with Gasteiger partial charge >= 0.3 is 0 Å². The number of hydrogen-bond donors (Lipinski definition) is 1. The van der Waals surface area contributed by atoms with Crippen LogP contribution in [0.4, 0.5) is 0 Å². The van der Waals surface area contributed by atoms with E-state index in [2.05, 4.69) is 12.2 Å². The highest BCUT2D eigenvalue weighted by molar-refractivity contribution is 5.77. The molecule has 0 aromatic carbocycles. The van der Waals surface area contributed by atoms with Crippen LogP contribution in [0.5, 0.6) is 0 Å². The lowest BCUT2D eigenvalue weighted by Gasteiger charge is -2.06. The number of carbonyl (C=O) groups is 1. The van der Waals surface area contributed by atoms with Crippen LogP contribution in [-0.4, -0.2) is 13.0 Å². The van der Waals surface area contributed by atoms with E-state index in [9.17, 15) is 4.79 Å². The van der Waals surface area contributed by atoms with Gasteiger partial charge in [0, 0.05) is 13.0 Å². The Morgan fingerprint density at radius 2 is 2.22 bits per heavy atom. The molecule has 2 nitrogen and oxygen atoms in total. The summed E-state index contributed by atoms with van der Waals surface area (Å²) in [6.45, 7) is 4.03. The van der Waals surface area contributed by atoms with E-state index >= 15 is 0 Å². The molecule has 0 unspecified atom stereocenters. The van der Waals surface area contributed by atoms with Crippen LogP contribution < -0.4 is 5.32 Å². The molecule has 0 aromatic rings. The number of hydrogen-bond acceptors (Lipinski definition) is 1. The maximum absolute atomic E-state index is 10.8. The maximum Gasteiger partial charge on any atom is 0.222 e. The summed E-state index contributed by atoms with van der Waals surface area (Å²) < 4.78 is 0. The SMILES string of the molecule is CCC[C@@H](C)C(=O)NC. The van der Waals surface area contributed by atoms with Crippen molar-refractivity contribution in [2.24, 2.45) is 5.92 Å². The molecule has 0 radical (unpaired) electrons. The summed E-state index contributed by atoms with van der Waals surface area (Å²) in [5, 5.41) is 2.61. The van der Waals surface area contributed by atoms with Gasteiger partial charge in [0.1, 0.15) is 0 Å². The fraction of sp³-hybridized carbons (Fsp3) is 0.857. The molecule has 1 N–H and O–H groups in total. The maximum atomic E-state index is 10.8. The van der Waals surface area contributed by atoms with E-state index in [0.29, 0.717) is 0 Å². The smallest absolute Gasteiger partial charge is 0.222 e. The van der Waals surface area contributed by atoms with Gasteiger partial charge in [-0.05, 0) is 6.42 Å². The van der Waals surface area contributed by atoms with E-state index < -0.39 is 0 Å². The molecule has 0 aliphatic rings. The normalized spacial score (nSPS) is 12.8. The molecule has 0 rings (SSSR count). The van der Waals surface area contributed by atoms with Crippen LogP contribution in [0.2, 0.25) is 0 Å². The Kier molecular flexibility index (Phi) is 4.10. The topological polar surface area (TPSA) is 29.1 Å². The molecule has 0 spiro atoms. The Hall–Kier alpha value is -0.530. The van der Waals surface area contributed by atoms with Crippen LogP contribution in [0.1, 0.15) is 26.7 Å². The van der Waals surface area contributed by atoms with Gasteiger partial charge in [-0.3, -0.25) is 4.79 Å². The molecule has 0 aliphatic heterocycles. The van der Waals surface area contributed by atoms with Gasteiger partial charge in [-0.2, -0.15) is 0 Å². The van der Waals surface area contributed by atoms with E-state index in [4.69, 9.17) is 0 Å². The third kappa shape index (κ3) is 3.12. The molecule has 0 aliphatic carbocycles. The highest BCUT2D eigenvalue weighted by Crippen LogP contribution is 2.03. The third-order valence-electron chi connectivity index (χ3n) is 1.42. The Balaban J connectivity index is 3.45. The molecule has 0 aromatic heterocycles. The standard InChI is InChI=1S/C7H15NO/c1-4-5-6(2)7(9)8-3/h6H,4-5H2,1-3H3,(H,8,9)/t6-/m1/s1. The van der Waals surface area contributed by atoms with Crippen molar-refractivity contribution in [3.63, 3.8) is 0 Å². The minimum Gasteiger partial charge on any atom is -0.359 e. The quantitative estimate of drug-likeness (QED) is 0.609. The van der Waals surface area contributed by atoms with E-state index in [1.165, 1.54) is 0 Å². The zero-order valence-electron chi connectivity index (χ0n) is 6.40. The van der Waals surface area contributed by atoms with Crippen molar-refractivity contribution in [2.75, 3.05) is 7.05 Å². The first-order valence-electron chi connectivity index (χ1n) is 3.44. The predicted octanol–water partition coefficient (Wildman–Crippen LogP) is 1.17. The van der Waals surface area contributed by atoms with Gasteiger partial charge in [0.25, 0.3) is 0 Å². The number of carbonyl (C=O) groups excluding carboxylic acids is 1. The van der Waals surface area contributed by atoms with Crippen molar-refractivity contribution in [3.8, 4) is 0 Å². The van der Waals surface area contributed by atoms with Crippen LogP contribution in [0.3, 0.4) is 0 Å². The van der Waals surface area contributed by atoms with E-state index in [1.54, 1.807) is 7.05 Å². The summed E-state index contributed by atoms with van der Waals surface area (Å²) in [6, 6.07) is 0. The average molecular weight is 129 g/mol. The lowest BCUT2D eigenvalue weighted by Crippen LogP contribution is -2.24. The monoisotopic (exact) mass is 129 g/mol. The minimum atomic E-state index is 0.150. The van der Waals surface area contributed by atoms with Gasteiger partial charge in [0.15, 0.2) is 0 Å². The van der Waals surface area contributed by atoms with Crippen molar-refractivity contribution < 1.29 is 4.79 Å².